The molecule has 5 nitrogen and oxygen atoms in total. The van der Waals surface area contributed by atoms with E-state index in [9.17, 15) is 0 Å². The van der Waals surface area contributed by atoms with Gasteiger partial charge in [0.05, 0.1) is 0 Å². The fourth-order valence-corrected chi connectivity index (χ4v) is 4.63. The molecule has 3 aromatic rings. The Kier molecular flexibility index (Phi) is 5.99. The molecule has 0 bridgehead atoms. The van der Waals surface area contributed by atoms with Crippen molar-refractivity contribution in [1.29, 1.82) is 0 Å². The van der Waals surface area contributed by atoms with Gasteiger partial charge >= 0.3 is 0 Å². The summed E-state index contributed by atoms with van der Waals surface area (Å²) in [6, 6.07) is 15.8. The van der Waals surface area contributed by atoms with E-state index in [0.717, 1.165) is 11.1 Å². The van der Waals surface area contributed by atoms with Crippen LogP contribution in [0.5, 0.6) is 0 Å². The van der Waals surface area contributed by atoms with E-state index in [4.69, 9.17) is 55.9 Å². The summed E-state index contributed by atoms with van der Waals surface area (Å²) >= 11 is 24.6. The molecular formula is C23H15Cl4N3O2. The molecular weight excluding hydrogens is 492 g/mol. The first-order chi connectivity index (χ1) is 15.5. The molecule has 162 valence electrons. The SMILES string of the molecule is Clc1ccc([C@@H]2COC(c3cccc(C4=N[C@H](c5ccc(Cl)cc5Cl)CO4)n3)=N2)c(Cl)c1. The van der Waals surface area contributed by atoms with Gasteiger partial charge in [0.2, 0.25) is 11.8 Å². The number of benzene rings is 2. The van der Waals surface area contributed by atoms with Crippen molar-refractivity contribution in [1.82, 2.24) is 4.98 Å². The fourth-order valence-electron chi connectivity index (χ4n) is 3.56. The minimum atomic E-state index is -0.225. The number of ether oxygens (including phenoxy) is 2. The summed E-state index contributed by atoms with van der Waals surface area (Å²) in [6.45, 7) is 0.744. The van der Waals surface area contributed by atoms with Gasteiger partial charge in [-0.2, -0.15) is 0 Å². The van der Waals surface area contributed by atoms with Crippen LogP contribution in [0.3, 0.4) is 0 Å². The highest BCUT2D eigenvalue weighted by Gasteiger charge is 2.27. The van der Waals surface area contributed by atoms with E-state index < -0.39 is 0 Å². The highest BCUT2D eigenvalue weighted by molar-refractivity contribution is 6.35. The standard InChI is InChI=1S/C23H15Cl4N3O2/c24-12-4-6-14(16(26)8-12)20-10-31-22(29-20)18-2-1-3-19(28-18)23-30-21(11-32-23)15-7-5-13(25)9-17(15)27/h1-9,20-21H,10-11H2/t20-,21-/m0/s1. The van der Waals surface area contributed by atoms with Crippen molar-refractivity contribution in [2.24, 2.45) is 9.98 Å². The molecule has 5 rings (SSSR count). The van der Waals surface area contributed by atoms with Gasteiger partial charge in [0.1, 0.15) is 36.7 Å². The highest BCUT2D eigenvalue weighted by atomic mass is 35.5. The lowest BCUT2D eigenvalue weighted by Crippen LogP contribution is -2.09. The molecule has 9 heteroatoms. The van der Waals surface area contributed by atoms with Crippen molar-refractivity contribution in [3.8, 4) is 0 Å². The average molecular weight is 507 g/mol. The average Bonchev–Trinajstić information content (AvgIpc) is 3.44. The Morgan fingerprint density at radius 3 is 1.56 bits per heavy atom. The first-order valence-corrected chi connectivity index (χ1v) is 11.3. The molecule has 2 aliphatic rings. The number of hydrogen-bond donors (Lipinski definition) is 0. The number of halogens is 4. The smallest absolute Gasteiger partial charge is 0.236 e. The van der Waals surface area contributed by atoms with Gasteiger partial charge in [-0.15, -0.1) is 0 Å². The van der Waals surface area contributed by atoms with Crippen molar-refractivity contribution < 1.29 is 9.47 Å². The van der Waals surface area contributed by atoms with E-state index in [1.54, 1.807) is 24.3 Å². The Balaban J connectivity index is 1.39. The van der Waals surface area contributed by atoms with E-state index in [0.29, 0.717) is 56.5 Å². The molecule has 2 atom stereocenters. The van der Waals surface area contributed by atoms with Crippen molar-refractivity contribution in [2.75, 3.05) is 13.2 Å². The van der Waals surface area contributed by atoms with Gasteiger partial charge in [-0.3, -0.25) is 0 Å². The quantitative estimate of drug-likeness (QED) is 0.394. The van der Waals surface area contributed by atoms with Crippen LogP contribution in [0.4, 0.5) is 0 Å². The summed E-state index contributed by atoms with van der Waals surface area (Å²) < 4.78 is 11.6. The molecule has 2 aliphatic heterocycles. The van der Waals surface area contributed by atoms with E-state index >= 15 is 0 Å². The van der Waals surface area contributed by atoms with Crippen LogP contribution in [-0.2, 0) is 9.47 Å². The second-order valence-electron chi connectivity index (χ2n) is 7.26. The predicted octanol–water partition coefficient (Wildman–Crippen LogP) is 6.73. The third-order valence-electron chi connectivity index (χ3n) is 5.13. The highest BCUT2D eigenvalue weighted by Crippen LogP contribution is 2.33. The predicted molar refractivity (Wildman–Crippen MR) is 128 cm³/mol. The van der Waals surface area contributed by atoms with Gasteiger partial charge < -0.3 is 9.47 Å². The van der Waals surface area contributed by atoms with E-state index in [-0.39, 0.29) is 12.1 Å². The third-order valence-corrected chi connectivity index (χ3v) is 6.26. The Hall–Kier alpha value is -2.31. The molecule has 1 aromatic heterocycles. The lowest BCUT2D eigenvalue weighted by atomic mass is 10.1. The van der Waals surface area contributed by atoms with Crippen molar-refractivity contribution in [2.45, 2.75) is 12.1 Å². The van der Waals surface area contributed by atoms with Crippen LogP contribution >= 0.6 is 46.4 Å². The summed E-state index contributed by atoms with van der Waals surface area (Å²) in [5, 5.41) is 2.26. The summed E-state index contributed by atoms with van der Waals surface area (Å²) in [6.07, 6.45) is 0. The molecule has 0 saturated carbocycles. The van der Waals surface area contributed by atoms with Gasteiger partial charge in [-0.25, -0.2) is 15.0 Å². The molecule has 0 unspecified atom stereocenters. The maximum absolute atomic E-state index is 6.32. The Morgan fingerprint density at radius 2 is 1.12 bits per heavy atom. The maximum Gasteiger partial charge on any atom is 0.236 e. The lowest BCUT2D eigenvalue weighted by molar-refractivity contribution is 0.317. The van der Waals surface area contributed by atoms with Gasteiger partial charge in [0, 0.05) is 20.1 Å². The fraction of sp³-hybridized carbons (Fsp3) is 0.174. The number of pyridine rings is 1. The largest absolute Gasteiger partial charge is 0.474 e. The normalized spacial score (nSPS) is 19.9. The van der Waals surface area contributed by atoms with Crippen LogP contribution in [0.2, 0.25) is 20.1 Å². The molecule has 3 heterocycles. The zero-order valence-corrected chi connectivity index (χ0v) is 19.5. The topological polar surface area (TPSA) is 56.1 Å². The van der Waals surface area contributed by atoms with Crippen LogP contribution in [0.1, 0.15) is 34.6 Å². The molecule has 0 N–H and O–H groups in total. The number of hydrogen-bond acceptors (Lipinski definition) is 5. The zero-order valence-electron chi connectivity index (χ0n) is 16.4. The molecule has 0 spiro atoms. The van der Waals surface area contributed by atoms with Crippen molar-refractivity contribution >= 4 is 58.2 Å². The van der Waals surface area contributed by atoms with Gasteiger partial charge in [-0.05, 0) is 47.5 Å². The van der Waals surface area contributed by atoms with Crippen LogP contribution in [0.25, 0.3) is 0 Å². The number of aliphatic imine (C=N–C) groups is 2. The minimum absolute atomic E-state index is 0.225. The van der Waals surface area contributed by atoms with Gasteiger partial charge in [-0.1, -0.05) is 64.6 Å². The molecule has 0 amide bonds. The van der Waals surface area contributed by atoms with Gasteiger partial charge in [0.15, 0.2) is 0 Å². The summed E-state index contributed by atoms with van der Waals surface area (Å²) in [7, 11) is 0. The second-order valence-corrected chi connectivity index (χ2v) is 8.95. The molecule has 0 radical (unpaired) electrons. The third kappa shape index (κ3) is 4.30. The molecule has 2 aromatic carbocycles. The number of rotatable bonds is 4. The van der Waals surface area contributed by atoms with Crippen LogP contribution < -0.4 is 0 Å². The minimum Gasteiger partial charge on any atom is -0.474 e. The Morgan fingerprint density at radius 1 is 0.656 bits per heavy atom. The van der Waals surface area contributed by atoms with Crippen LogP contribution in [-0.4, -0.2) is 30.0 Å². The van der Waals surface area contributed by atoms with Crippen molar-refractivity contribution in [3.05, 3.63) is 97.2 Å². The molecule has 0 saturated heterocycles. The summed E-state index contributed by atoms with van der Waals surface area (Å²) in [5.74, 6) is 0.887. The van der Waals surface area contributed by atoms with Crippen LogP contribution in [0.15, 0.2) is 64.6 Å². The lowest BCUT2D eigenvalue weighted by Gasteiger charge is -2.07. The number of aromatic nitrogens is 1. The zero-order chi connectivity index (χ0) is 22.2. The monoisotopic (exact) mass is 505 g/mol. The number of nitrogens with zero attached hydrogens (tertiary/aromatic N) is 3. The first-order valence-electron chi connectivity index (χ1n) is 9.77. The molecule has 32 heavy (non-hydrogen) atoms. The van der Waals surface area contributed by atoms with E-state index in [2.05, 4.69) is 15.0 Å². The van der Waals surface area contributed by atoms with Gasteiger partial charge in [0.25, 0.3) is 0 Å². The van der Waals surface area contributed by atoms with Crippen LogP contribution in [0, 0.1) is 0 Å². The first kappa shape index (κ1) is 21.5. The van der Waals surface area contributed by atoms with Crippen molar-refractivity contribution in [3.63, 3.8) is 0 Å². The molecule has 0 aliphatic carbocycles. The second kappa shape index (κ2) is 8.91. The Bertz CT molecular complexity index is 1170. The summed E-state index contributed by atoms with van der Waals surface area (Å²) in [4.78, 5) is 14.0. The maximum atomic E-state index is 6.32. The summed E-state index contributed by atoms with van der Waals surface area (Å²) in [5.41, 5.74) is 2.89. The van der Waals surface area contributed by atoms with E-state index in [1.807, 2.05) is 30.3 Å². The molecule has 0 fully saturated rings. The Labute approximate surface area is 204 Å². The van der Waals surface area contributed by atoms with E-state index in [1.165, 1.54) is 0 Å².